The van der Waals surface area contributed by atoms with E-state index >= 15 is 0 Å². The minimum Gasteiger partial charge on any atom is -0.390 e. The summed E-state index contributed by atoms with van der Waals surface area (Å²) in [5.41, 5.74) is 2.15. The third kappa shape index (κ3) is 5.00. The van der Waals surface area contributed by atoms with Crippen LogP contribution in [0.5, 0.6) is 0 Å². The van der Waals surface area contributed by atoms with Crippen molar-refractivity contribution in [2.24, 2.45) is 0 Å². The van der Waals surface area contributed by atoms with Gasteiger partial charge < -0.3 is 9.84 Å². The Kier molecular flexibility index (Phi) is 6.12. The zero-order valence-electron chi connectivity index (χ0n) is 11.6. The fourth-order valence-electron chi connectivity index (χ4n) is 1.83. The third-order valence-corrected chi connectivity index (χ3v) is 4.27. The second-order valence-corrected chi connectivity index (χ2v) is 5.79. The van der Waals surface area contributed by atoms with Gasteiger partial charge in [-0.2, -0.15) is 0 Å². The quantitative estimate of drug-likeness (QED) is 0.785. The highest BCUT2D eigenvalue weighted by atomic mass is 32.2. The number of hydrogen-bond donors (Lipinski definition) is 1. The van der Waals surface area contributed by atoms with Crippen molar-refractivity contribution in [1.82, 2.24) is 0 Å². The van der Waals surface area contributed by atoms with Crippen LogP contribution in [0.1, 0.15) is 18.1 Å². The molecule has 2 nitrogen and oxygen atoms in total. The van der Waals surface area contributed by atoms with Crippen LogP contribution in [0.2, 0.25) is 0 Å². The number of hydrogen-bond acceptors (Lipinski definition) is 3. The van der Waals surface area contributed by atoms with Crippen LogP contribution in [-0.2, 0) is 17.1 Å². The highest BCUT2D eigenvalue weighted by Gasteiger charge is 2.16. The molecule has 3 heteroatoms. The first-order valence-electron chi connectivity index (χ1n) is 6.75. The standard InChI is InChI=1S/C17H20O2S/c1-14(18)17(19-12-15-8-4-2-5-9-15)20-13-16-10-6-3-7-11-16/h2-11,14,17-18H,12-13H2,1H3. The molecule has 2 rings (SSSR count). The van der Waals surface area contributed by atoms with Gasteiger partial charge >= 0.3 is 0 Å². The molecule has 0 fully saturated rings. The van der Waals surface area contributed by atoms with Gasteiger partial charge in [0, 0.05) is 5.75 Å². The Labute approximate surface area is 124 Å². The van der Waals surface area contributed by atoms with Crippen molar-refractivity contribution in [3.63, 3.8) is 0 Å². The molecule has 2 aromatic carbocycles. The summed E-state index contributed by atoms with van der Waals surface area (Å²) in [5, 5.41) is 9.82. The minimum absolute atomic E-state index is 0.213. The van der Waals surface area contributed by atoms with Crippen LogP contribution in [0.25, 0.3) is 0 Å². The lowest BCUT2D eigenvalue weighted by Gasteiger charge is -2.20. The zero-order valence-corrected chi connectivity index (χ0v) is 12.4. The number of aliphatic hydroxyl groups excluding tert-OH is 1. The number of benzene rings is 2. The molecule has 106 valence electrons. The molecular formula is C17H20O2S. The van der Waals surface area contributed by atoms with Crippen molar-refractivity contribution in [3.05, 3.63) is 71.8 Å². The molecule has 0 aliphatic heterocycles. The Balaban J connectivity index is 1.84. The summed E-state index contributed by atoms with van der Waals surface area (Å²) in [6, 6.07) is 20.3. The molecule has 0 radical (unpaired) electrons. The topological polar surface area (TPSA) is 29.5 Å². The average molecular weight is 288 g/mol. The first kappa shape index (κ1) is 15.1. The van der Waals surface area contributed by atoms with Gasteiger partial charge in [-0.05, 0) is 18.1 Å². The summed E-state index contributed by atoms with van der Waals surface area (Å²) in [5.74, 6) is 0.838. The molecule has 2 atom stereocenters. The van der Waals surface area contributed by atoms with Crippen molar-refractivity contribution >= 4 is 11.8 Å². The molecule has 0 aromatic heterocycles. The normalized spacial score (nSPS) is 13.9. The van der Waals surface area contributed by atoms with E-state index in [1.165, 1.54) is 5.56 Å². The van der Waals surface area contributed by atoms with Crippen molar-refractivity contribution in [2.45, 2.75) is 30.8 Å². The highest BCUT2D eigenvalue weighted by Crippen LogP contribution is 2.22. The number of ether oxygens (including phenoxy) is 1. The Morgan fingerprint density at radius 3 is 2.05 bits per heavy atom. The van der Waals surface area contributed by atoms with Crippen molar-refractivity contribution in [2.75, 3.05) is 0 Å². The van der Waals surface area contributed by atoms with Gasteiger partial charge in [0.2, 0.25) is 0 Å². The third-order valence-electron chi connectivity index (χ3n) is 2.91. The monoisotopic (exact) mass is 288 g/mol. The molecule has 1 N–H and O–H groups in total. The largest absolute Gasteiger partial charge is 0.390 e. The number of rotatable bonds is 7. The molecule has 0 saturated heterocycles. The van der Waals surface area contributed by atoms with Crippen molar-refractivity contribution in [1.29, 1.82) is 0 Å². The molecule has 0 saturated carbocycles. The second-order valence-electron chi connectivity index (χ2n) is 4.70. The predicted octanol–water partition coefficient (Wildman–Crippen LogP) is 3.84. The maximum atomic E-state index is 9.82. The maximum Gasteiger partial charge on any atom is 0.129 e. The lowest BCUT2D eigenvalue weighted by molar-refractivity contribution is 0.0146. The zero-order chi connectivity index (χ0) is 14.2. The predicted molar refractivity (Wildman–Crippen MR) is 84.4 cm³/mol. The van der Waals surface area contributed by atoms with Gasteiger partial charge in [0.15, 0.2) is 0 Å². The highest BCUT2D eigenvalue weighted by molar-refractivity contribution is 7.99. The molecule has 0 amide bonds. The first-order chi connectivity index (χ1) is 9.75. The van der Waals surface area contributed by atoms with Crippen molar-refractivity contribution < 1.29 is 9.84 Å². The van der Waals surface area contributed by atoms with E-state index in [-0.39, 0.29) is 5.44 Å². The fraction of sp³-hybridized carbons (Fsp3) is 0.294. The van der Waals surface area contributed by atoms with E-state index in [4.69, 9.17) is 4.74 Å². The Hall–Kier alpha value is -1.29. The Morgan fingerprint density at radius 2 is 1.50 bits per heavy atom. The van der Waals surface area contributed by atoms with Crippen LogP contribution in [0.3, 0.4) is 0 Å². The number of thioether (sulfide) groups is 1. The summed E-state index contributed by atoms with van der Waals surface area (Å²) in [6.45, 7) is 2.30. The first-order valence-corrected chi connectivity index (χ1v) is 7.79. The van der Waals surface area contributed by atoms with Crippen LogP contribution in [0.15, 0.2) is 60.7 Å². The van der Waals surface area contributed by atoms with Gasteiger partial charge in [0.05, 0.1) is 12.7 Å². The van der Waals surface area contributed by atoms with E-state index in [9.17, 15) is 5.11 Å². The van der Waals surface area contributed by atoms with Gasteiger partial charge in [-0.25, -0.2) is 0 Å². The van der Waals surface area contributed by atoms with Gasteiger partial charge in [0.25, 0.3) is 0 Å². The smallest absolute Gasteiger partial charge is 0.129 e. The van der Waals surface area contributed by atoms with Gasteiger partial charge in [0.1, 0.15) is 5.44 Å². The summed E-state index contributed by atoms with van der Waals surface area (Å²) in [4.78, 5) is 0. The molecule has 2 unspecified atom stereocenters. The summed E-state index contributed by atoms with van der Waals surface area (Å²) in [6.07, 6.45) is -0.493. The van der Waals surface area contributed by atoms with E-state index in [0.717, 1.165) is 11.3 Å². The van der Waals surface area contributed by atoms with Crippen molar-refractivity contribution in [3.8, 4) is 0 Å². The molecule has 0 aliphatic rings. The van der Waals surface area contributed by atoms with Gasteiger partial charge in [-0.1, -0.05) is 60.7 Å². The Bertz CT molecular complexity index is 441. The summed E-state index contributed by atoms with van der Waals surface area (Å²) in [7, 11) is 0. The summed E-state index contributed by atoms with van der Waals surface area (Å²) < 4.78 is 5.82. The minimum atomic E-state index is -0.493. The van der Waals surface area contributed by atoms with E-state index in [1.54, 1.807) is 18.7 Å². The lowest BCUT2D eigenvalue weighted by atomic mass is 10.2. The second kappa shape index (κ2) is 8.10. The van der Waals surface area contributed by atoms with E-state index in [2.05, 4.69) is 12.1 Å². The average Bonchev–Trinajstić information content (AvgIpc) is 2.49. The fourth-order valence-corrected chi connectivity index (χ4v) is 2.82. The lowest BCUT2D eigenvalue weighted by Crippen LogP contribution is -2.23. The van der Waals surface area contributed by atoms with Crippen LogP contribution >= 0.6 is 11.8 Å². The van der Waals surface area contributed by atoms with E-state index in [0.29, 0.717) is 6.61 Å². The van der Waals surface area contributed by atoms with Crippen LogP contribution in [-0.4, -0.2) is 16.6 Å². The Morgan fingerprint density at radius 1 is 0.950 bits per heavy atom. The molecule has 0 aliphatic carbocycles. The van der Waals surface area contributed by atoms with Crippen LogP contribution in [0, 0.1) is 0 Å². The number of aliphatic hydroxyl groups is 1. The molecule has 0 bridgehead atoms. The molecule has 0 spiro atoms. The SMILES string of the molecule is CC(O)C(OCc1ccccc1)SCc1ccccc1. The summed E-state index contributed by atoms with van der Waals surface area (Å²) >= 11 is 1.63. The van der Waals surface area contributed by atoms with E-state index in [1.807, 2.05) is 48.5 Å². The molecule has 2 aromatic rings. The maximum absolute atomic E-state index is 9.82. The van der Waals surface area contributed by atoms with Crippen LogP contribution in [0.4, 0.5) is 0 Å². The van der Waals surface area contributed by atoms with Gasteiger partial charge in [-0.3, -0.25) is 0 Å². The molecular weight excluding hydrogens is 268 g/mol. The van der Waals surface area contributed by atoms with Crippen LogP contribution < -0.4 is 0 Å². The van der Waals surface area contributed by atoms with E-state index < -0.39 is 6.10 Å². The van der Waals surface area contributed by atoms with Gasteiger partial charge in [-0.15, -0.1) is 11.8 Å². The molecule has 20 heavy (non-hydrogen) atoms. The molecule has 0 heterocycles.